The highest BCUT2D eigenvalue weighted by Gasteiger charge is 1.97. The van der Waals surface area contributed by atoms with Crippen LogP contribution in [0.5, 0.6) is 5.88 Å². The van der Waals surface area contributed by atoms with Crippen molar-refractivity contribution in [2.24, 2.45) is 0 Å². The molecule has 0 atom stereocenters. The van der Waals surface area contributed by atoms with Crippen molar-refractivity contribution in [1.82, 2.24) is 9.97 Å². The van der Waals surface area contributed by atoms with Gasteiger partial charge in [-0.3, -0.25) is 4.79 Å². The third-order valence-corrected chi connectivity index (χ3v) is 1.12. The van der Waals surface area contributed by atoms with Crippen LogP contribution in [0.4, 0.5) is 0 Å². The van der Waals surface area contributed by atoms with Crippen molar-refractivity contribution in [3.05, 3.63) is 22.7 Å². The Bertz CT molecular complexity index is 269. The topological polar surface area (TPSA) is 55.0 Å². The van der Waals surface area contributed by atoms with Gasteiger partial charge in [0.25, 0.3) is 5.88 Å². The fraction of sp³-hybridized carbons (Fsp3) is 0.429. The lowest BCUT2D eigenvalue weighted by Gasteiger charge is -1.99. The van der Waals surface area contributed by atoms with Crippen LogP contribution in [0.15, 0.2) is 17.2 Å². The van der Waals surface area contributed by atoms with Gasteiger partial charge < -0.3 is 9.72 Å². The molecule has 0 bridgehead atoms. The minimum atomic E-state index is -0.277. The molecule has 0 amide bonds. The summed E-state index contributed by atoms with van der Waals surface area (Å²) in [6, 6.07) is 0. The number of aromatic nitrogens is 2. The molecule has 0 unspecified atom stereocenters. The highest BCUT2D eigenvalue weighted by Crippen LogP contribution is 1.93. The van der Waals surface area contributed by atoms with Crippen molar-refractivity contribution in [3.63, 3.8) is 0 Å². The van der Waals surface area contributed by atoms with Gasteiger partial charge in [-0.25, -0.2) is 4.98 Å². The molecule has 1 N–H and O–H groups in total. The summed E-state index contributed by atoms with van der Waals surface area (Å²) in [5.74, 6) is 0.148. The fourth-order valence-electron chi connectivity index (χ4n) is 0.640. The normalized spacial score (nSPS) is 9.55. The number of aromatic amines is 1. The second-order valence-electron chi connectivity index (χ2n) is 2.07. The van der Waals surface area contributed by atoms with Crippen LogP contribution in [-0.4, -0.2) is 16.6 Å². The predicted octanol–water partition coefficient (Wildman–Crippen LogP) is 0.559. The molecule has 0 saturated carbocycles. The van der Waals surface area contributed by atoms with Gasteiger partial charge in [0.05, 0.1) is 6.61 Å². The van der Waals surface area contributed by atoms with Crippen LogP contribution in [0.1, 0.15) is 13.3 Å². The molecule has 0 aliphatic carbocycles. The zero-order chi connectivity index (χ0) is 8.10. The molecule has 60 valence electrons. The van der Waals surface area contributed by atoms with E-state index < -0.39 is 0 Å². The van der Waals surface area contributed by atoms with Crippen LogP contribution in [0, 0.1) is 0 Å². The molecule has 0 aromatic carbocycles. The molecular weight excluding hydrogens is 144 g/mol. The summed E-state index contributed by atoms with van der Waals surface area (Å²) in [6.45, 7) is 2.50. The molecule has 1 aromatic rings. The van der Waals surface area contributed by atoms with Crippen LogP contribution in [0.25, 0.3) is 0 Å². The van der Waals surface area contributed by atoms with Gasteiger partial charge in [-0.05, 0) is 6.42 Å². The van der Waals surface area contributed by atoms with Gasteiger partial charge in [-0.2, -0.15) is 0 Å². The van der Waals surface area contributed by atoms with Crippen molar-refractivity contribution < 1.29 is 4.74 Å². The highest BCUT2D eigenvalue weighted by molar-refractivity contribution is 5.01. The zero-order valence-electron chi connectivity index (χ0n) is 6.33. The first kappa shape index (κ1) is 7.78. The van der Waals surface area contributed by atoms with Crippen molar-refractivity contribution in [1.29, 1.82) is 0 Å². The van der Waals surface area contributed by atoms with Crippen LogP contribution in [0.2, 0.25) is 0 Å². The number of H-pyrrole nitrogens is 1. The van der Waals surface area contributed by atoms with E-state index >= 15 is 0 Å². The van der Waals surface area contributed by atoms with E-state index in [1.54, 1.807) is 0 Å². The third-order valence-electron chi connectivity index (χ3n) is 1.12. The number of rotatable bonds is 3. The number of nitrogens with one attached hydrogen (secondary N) is 1. The Morgan fingerprint density at radius 1 is 1.73 bits per heavy atom. The van der Waals surface area contributed by atoms with Crippen LogP contribution in [-0.2, 0) is 0 Å². The summed E-state index contributed by atoms with van der Waals surface area (Å²) in [6.07, 6.45) is 3.84. The quantitative estimate of drug-likeness (QED) is 0.692. The Hall–Kier alpha value is -1.32. The average molecular weight is 154 g/mol. The highest BCUT2D eigenvalue weighted by atomic mass is 16.5. The molecule has 1 heterocycles. The van der Waals surface area contributed by atoms with Crippen molar-refractivity contribution in [3.8, 4) is 5.88 Å². The second-order valence-corrected chi connectivity index (χ2v) is 2.07. The minimum Gasteiger partial charge on any atom is -0.474 e. The standard InChI is InChI=1S/C7H10N2O2/c1-2-5-11-7-6(10)8-3-4-9-7/h3-4H,2,5H2,1H3,(H,8,10). The van der Waals surface area contributed by atoms with Crippen LogP contribution >= 0.6 is 0 Å². The van der Waals surface area contributed by atoms with Crippen LogP contribution in [0.3, 0.4) is 0 Å². The van der Waals surface area contributed by atoms with Gasteiger partial charge in [-0.15, -0.1) is 0 Å². The minimum absolute atomic E-state index is 0.148. The first-order chi connectivity index (χ1) is 5.34. The molecule has 0 spiro atoms. The molecule has 0 aliphatic rings. The van der Waals surface area contributed by atoms with E-state index in [2.05, 4.69) is 9.97 Å². The molecule has 1 aromatic heterocycles. The maximum absolute atomic E-state index is 10.9. The lowest BCUT2D eigenvalue weighted by atomic mass is 10.5. The van der Waals surface area contributed by atoms with E-state index in [0.717, 1.165) is 6.42 Å². The van der Waals surface area contributed by atoms with E-state index in [0.29, 0.717) is 6.61 Å². The summed E-state index contributed by atoms with van der Waals surface area (Å²) < 4.78 is 5.03. The maximum Gasteiger partial charge on any atom is 0.310 e. The monoisotopic (exact) mass is 154 g/mol. The maximum atomic E-state index is 10.9. The number of hydrogen-bond donors (Lipinski definition) is 1. The van der Waals surface area contributed by atoms with Gasteiger partial charge in [0.2, 0.25) is 0 Å². The Morgan fingerprint density at radius 3 is 3.18 bits per heavy atom. The Labute approximate surface area is 64.2 Å². The number of nitrogens with zero attached hydrogens (tertiary/aromatic N) is 1. The van der Waals surface area contributed by atoms with E-state index in [1.165, 1.54) is 12.4 Å². The van der Waals surface area contributed by atoms with Crippen LogP contribution < -0.4 is 10.3 Å². The smallest absolute Gasteiger partial charge is 0.310 e. The Kier molecular flexibility index (Phi) is 2.66. The molecule has 0 radical (unpaired) electrons. The van der Waals surface area contributed by atoms with Gasteiger partial charge in [0, 0.05) is 12.4 Å². The molecule has 0 aliphatic heterocycles. The predicted molar refractivity (Wildman–Crippen MR) is 40.6 cm³/mol. The fourth-order valence-corrected chi connectivity index (χ4v) is 0.640. The summed E-state index contributed by atoms with van der Waals surface area (Å²) in [4.78, 5) is 17.1. The Balaban J connectivity index is 2.70. The molecular formula is C7H10N2O2. The van der Waals surface area contributed by atoms with Gasteiger partial charge >= 0.3 is 5.56 Å². The summed E-state index contributed by atoms with van der Waals surface area (Å²) in [5.41, 5.74) is -0.277. The van der Waals surface area contributed by atoms with Gasteiger partial charge in [0.1, 0.15) is 0 Å². The third kappa shape index (κ3) is 2.07. The lowest BCUT2D eigenvalue weighted by Crippen LogP contribution is -2.12. The van der Waals surface area contributed by atoms with Gasteiger partial charge in [0.15, 0.2) is 0 Å². The van der Waals surface area contributed by atoms with E-state index in [1.807, 2.05) is 6.92 Å². The number of ether oxygens (including phenoxy) is 1. The molecule has 0 fully saturated rings. The van der Waals surface area contributed by atoms with Gasteiger partial charge in [-0.1, -0.05) is 6.92 Å². The van der Waals surface area contributed by atoms with Crippen molar-refractivity contribution in [2.45, 2.75) is 13.3 Å². The lowest BCUT2D eigenvalue weighted by molar-refractivity contribution is 0.300. The first-order valence-corrected chi connectivity index (χ1v) is 3.51. The number of hydrogen-bond acceptors (Lipinski definition) is 3. The van der Waals surface area contributed by atoms with Crippen molar-refractivity contribution in [2.75, 3.05) is 6.61 Å². The molecule has 11 heavy (non-hydrogen) atoms. The summed E-state index contributed by atoms with van der Waals surface area (Å²) in [5, 5.41) is 0. The van der Waals surface area contributed by atoms with Crippen molar-refractivity contribution >= 4 is 0 Å². The second kappa shape index (κ2) is 3.75. The SMILES string of the molecule is CCCOc1ncc[nH]c1=O. The Morgan fingerprint density at radius 2 is 2.55 bits per heavy atom. The summed E-state index contributed by atoms with van der Waals surface area (Å²) >= 11 is 0. The molecule has 4 heteroatoms. The first-order valence-electron chi connectivity index (χ1n) is 3.51. The van der Waals surface area contributed by atoms with E-state index in [9.17, 15) is 4.79 Å². The molecule has 0 saturated heterocycles. The van der Waals surface area contributed by atoms with E-state index in [-0.39, 0.29) is 11.4 Å². The molecule has 4 nitrogen and oxygen atoms in total. The largest absolute Gasteiger partial charge is 0.474 e. The zero-order valence-corrected chi connectivity index (χ0v) is 6.33. The van der Waals surface area contributed by atoms with E-state index in [4.69, 9.17) is 4.74 Å². The summed E-state index contributed by atoms with van der Waals surface area (Å²) in [7, 11) is 0. The molecule has 1 rings (SSSR count). The average Bonchev–Trinajstić information content (AvgIpc) is 2.03.